The van der Waals surface area contributed by atoms with E-state index in [9.17, 15) is 4.79 Å². The maximum absolute atomic E-state index is 11.4. The minimum absolute atomic E-state index is 0.333. The van der Waals surface area contributed by atoms with Crippen LogP contribution in [0.2, 0.25) is 0 Å². The number of hydrogen-bond donors (Lipinski definition) is 0. The number of methoxy groups -OCH3 is 1. The third-order valence-corrected chi connectivity index (χ3v) is 2.72. The summed E-state index contributed by atoms with van der Waals surface area (Å²) in [5.74, 6) is 0.838. The van der Waals surface area contributed by atoms with Crippen molar-refractivity contribution >= 4 is 17.9 Å². The minimum atomic E-state index is -0.402. The van der Waals surface area contributed by atoms with Crippen LogP contribution in [0.4, 0.5) is 0 Å². The molecule has 1 aliphatic heterocycles. The monoisotopic (exact) mass is 245 g/mol. The average molecular weight is 245 g/mol. The molecule has 2 rings (SSSR count). The van der Waals surface area contributed by atoms with Crippen molar-refractivity contribution in [2.45, 2.75) is 20.3 Å². The van der Waals surface area contributed by atoms with E-state index in [0.29, 0.717) is 11.6 Å². The normalized spacial score (nSPS) is 16.7. The van der Waals surface area contributed by atoms with E-state index in [2.05, 4.69) is 11.9 Å². The first kappa shape index (κ1) is 12.4. The van der Waals surface area contributed by atoms with Crippen LogP contribution in [0.25, 0.3) is 6.08 Å². The van der Waals surface area contributed by atoms with Crippen molar-refractivity contribution in [2.75, 3.05) is 7.11 Å². The Labute approximate surface area is 106 Å². The van der Waals surface area contributed by atoms with Crippen LogP contribution < -0.4 is 4.74 Å². The van der Waals surface area contributed by atoms with Gasteiger partial charge < -0.3 is 9.47 Å². The number of ether oxygens (including phenoxy) is 2. The summed E-state index contributed by atoms with van der Waals surface area (Å²) >= 11 is 0. The molecule has 0 bridgehead atoms. The molecule has 94 valence electrons. The number of esters is 1. The quantitative estimate of drug-likeness (QED) is 0.607. The molecule has 0 unspecified atom stereocenters. The van der Waals surface area contributed by atoms with Crippen molar-refractivity contribution < 1.29 is 14.3 Å². The van der Waals surface area contributed by atoms with Crippen LogP contribution in [-0.2, 0) is 16.0 Å². The molecule has 4 heteroatoms. The number of aryl methyl sites for hydroxylation is 1. The molecular weight excluding hydrogens is 230 g/mol. The number of carbonyl (C=O) groups is 1. The Kier molecular flexibility index (Phi) is 3.46. The molecule has 0 fully saturated rings. The molecule has 18 heavy (non-hydrogen) atoms. The highest BCUT2D eigenvalue weighted by molar-refractivity contribution is 6.06. The zero-order valence-corrected chi connectivity index (χ0v) is 10.7. The molecule has 0 radical (unpaired) electrons. The highest BCUT2D eigenvalue weighted by atomic mass is 16.6. The molecule has 1 aliphatic rings. The lowest BCUT2D eigenvalue weighted by molar-refractivity contribution is -0.130. The SMILES string of the molecule is CCc1cc(/C=C2/N=C(C)OC2=O)ccc1OC. The number of rotatable bonds is 3. The molecule has 4 nitrogen and oxygen atoms in total. The van der Waals surface area contributed by atoms with Gasteiger partial charge in [-0.2, -0.15) is 0 Å². The summed E-state index contributed by atoms with van der Waals surface area (Å²) < 4.78 is 10.1. The van der Waals surface area contributed by atoms with Crippen molar-refractivity contribution in [2.24, 2.45) is 4.99 Å². The highest BCUT2D eigenvalue weighted by Gasteiger charge is 2.19. The molecule has 0 spiro atoms. The highest BCUT2D eigenvalue weighted by Crippen LogP contribution is 2.23. The van der Waals surface area contributed by atoms with Crippen molar-refractivity contribution in [3.63, 3.8) is 0 Å². The predicted molar refractivity (Wildman–Crippen MR) is 69.6 cm³/mol. The van der Waals surface area contributed by atoms with E-state index in [1.54, 1.807) is 20.1 Å². The van der Waals surface area contributed by atoms with E-state index < -0.39 is 5.97 Å². The van der Waals surface area contributed by atoms with Gasteiger partial charge in [-0.15, -0.1) is 0 Å². The van der Waals surface area contributed by atoms with Crippen LogP contribution in [0, 0.1) is 0 Å². The number of aliphatic imine (C=N–C) groups is 1. The molecule has 0 saturated carbocycles. The molecule has 0 N–H and O–H groups in total. The third-order valence-electron chi connectivity index (χ3n) is 2.72. The maximum atomic E-state index is 11.4. The average Bonchev–Trinajstić information content (AvgIpc) is 2.67. The maximum Gasteiger partial charge on any atom is 0.363 e. The number of carbonyl (C=O) groups excluding carboxylic acids is 1. The Bertz CT molecular complexity index is 544. The van der Waals surface area contributed by atoms with Gasteiger partial charge in [-0.05, 0) is 35.8 Å². The molecule has 0 aromatic heterocycles. The van der Waals surface area contributed by atoms with Gasteiger partial charge >= 0.3 is 5.97 Å². The first-order chi connectivity index (χ1) is 8.63. The lowest BCUT2D eigenvalue weighted by Gasteiger charge is -2.07. The topological polar surface area (TPSA) is 47.9 Å². The largest absolute Gasteiger partial charge is 0.496 e. The molecule has 0 aliphatic carbocycles. The Balaban J connectivity index is 2.35. The Morgan fingerprint density at radius 3 is 2.78 bits per heavy atom. The van der Waals surface area contributed by atoms with Gasteiger partial charge in [0.1, 0.15) is 5.75 Å². The Morgan fingerprint density at radius 1 is 1.44 bits per heavy atom. The minimum Gasteiger partial charge on any atom is -0.496 e. The van der Waals surface area contributed by atoms with Gasteiger partial charge in [0.15, 0.2) is 11.6 Å². The summed E-state index contributed by atoms with van der Waals surface area (Å²) in [7, 11) is 1.65. The van der Waals surface area contributed by atoms with Crippen LogP contribution in [0.5, 0.6) is 5.75 Å². The molecule has 1 aromatic rings. The third kappa shape index (κ3) is 2.42. The lowest BCUT2D eigenvalue weighted by atomic mass is 10.1. The van der Waals surface area contributed by atoms with E-state index >= 15 is 0 Å². The molecule has 0 amide bonds. The summed E-state index contributed by atoms with van der Waals surface area (Å²) in [6.45, 7) is 3.71. The van der Waals surface area contributed by atoms with Crippen LogP contribution in [-0.4, -0.2) is 19.0 Å². The van der Waals surface area contributed by atoms with Gasteiger partial charge in [0.05, 0.1) is 7.11 Å². The van der Waals surface area contributed by atoms with Crippen LogP contribution in [0.15, 0.2) is 28.9 Å². The first-order valence-electron chi connectivity index (χ1n) is 5.80. The van der Waals surface area contributed by atoms with Crippen molar-refractivity contribution in [1.82, 2.24) is 0 Å². The van der Waals surface area contributed by atoms with Gasteiger partial charge in [-0.1, -0.05) is 13.0 Å². The summed E-state index contributed by atoms with van der Waals surface area (Å²) in [4.78, 5) is 15.5. The molecule has 1 heterocycles. The second kappa shape index (κ2) is 5.04. The van der Waals surface area contributed by atoms with Crippen LogP contribution in [0.3, 0.4) is 0 Å². The fourth-order valence-corrected chi connectivity index (χ4v) is 1.84. The fraction of sp³-hybridized carbons (Fsp3) is 0.286. The Morgan fingerprint density at radius 2 is 2.22 bits per heavy atom. The lowest BCUT2D eigenvalue weighted by Crippen LogP contribution is -2.00. The van der Waals surface area contributed by atoms with Gasteiger partial charge in [0.2, 0.25) is 0 Å². The summed E-state index contributed by atoms with van der Waals surface area (Å²) in [6, 6.07) is 5.77. The van der Waals surface area contributed by atoms with Gasteiger partial charge in [0, 0.05) is 6.92 Å². The number of benzene rings is 1. The van der Waals surface area contributed by atoms with E-state index in [-0.39, 0.29) is 0 Å². The van der Waals surface area contributed by atoms with Gasteiger partial charge in [0.25, 0.3) is 0 Å². The summed E-state index contributed by atoms with van der Waals surface area (Å²) in [5, 5.41) is 0. The van der Waals surface area contributed by atoms with E-state index in [1.807, 2.05) is 18.2 Å². The van der Waals surface area contributed by atoms with Crippen molar-refractivity contribution in [3.05, 3.63) is 35.0 Å². The fourth-order valence-electron chi connectivity index (χ4n) is 1.84. The standard InChI is InChI=1S/C14H15NO3/c1-4-11-7-10(5-6-13(11)17-3)8-12-14(16)18-9(2)15-12/h5-8H,4H2,1-3H3/b12-8+. The second-order valence-corrected chi connectivity index (χ2v) is 3.97. The molecule has 0 atom stereocenters. The zero-order chi connectivity index (χ0) is 13.1. The Hall–Kier alpha value is -2.10. The summed E-state index contributed by atoms with van der Waals surface area (Å²) in [5.41, 5.74) is 2.34. The molecule has 1 aromatic carbocycles. The summed E-state index contributed by atoms with van der Waals surface area (Å²) in [6.07, 6.45) is 2.59. The smallest absolute Gasteiger partial charge is 0.363 e. The van der Waals surface area contributed by atoms with Gasteiger partial charge in [-0.3, -0.25) is 0 Å². The first-order valence-corrected chi connectivity index (χ1v) is 5.80. The van der Waals surface area contributed by atoms with Crippen LogP contribution in [0.1, 0.15) is 25.0 Å². The second-order valence-electron chi connectivity index (χ2n) is 3.97. The predicted octanol–water partition coefficient (Wildman–Crippen LogP) is 2.57. The number of cyclic esters (lactones) is 1. The van der Waals surface area contributed by atoms with Crippen molar-refractivity contribution in [3.8, 4) is 5.75 Å². The number of hydrogen-bond acceptors (Lipinski definition) is 4. The van der Waals surface area contributed by atoms with E-state index in [1.165, 1.54) is 0 Å². The van der Waals surface area contributed by atoms with Crippen LogP contribution >= 0.6 is 0 Å². The molecule has 0 saturated heterocycles. The molecular formula is C14H15NO3. The van der Waals surface area contributed by atoms with Crippen molar-refractivity contribution in [1.29, 1.82) is 0 Å². The number of nitrogens with zero attached hydrogens (tertiary/aromatic N) is 1. The van der Waals surface area contributed by atoms with Gasteiger partial charge in [-0.25, -0.2) is 9.79 Å². The van der Waals surface area contributed by atoms with E-state index in [4.69, 9.17) is 9.47 Å². The zero-order valence-electron chi connectivity index (χ0n) is 10.7. The van der Waals surface area contributed by atoms with E-state index in [0.717, 1.165) is 23.3 Å².